The molecule has 29 heavy (non-hydrogen) atoms. The van der Waals surface area contributed by atoms with Crippen LogP contribution in [0.3, 0.4) is 0 Å². The van der Waals surface area contributed by atoms with Crippen LogP contribution in [-0.4, -0.2) is 29.0 Å². The van der Waals surface area contributed by atoms with Gasteiger partial charge in [-0.15, -0.1) is 10.2 Å². The number of para-hydroxylation sites is 1. The van der Waals surface area contributed by atoms with E-state index in [2.05, 4.69) is 20.8 Å². The maximum absolute atomic E-state index is 12.9. The number of anilines is 1. The number of aromatic nitrogens is 2. The van der Waals surface area contributed by atoms with Crippen LogP contribution in [0.2, 0.25) is 0 Å². The Morgan fingerprint density at radius 3 is 2.72 bits per heavy atom. The summed E-state index contributed by atoms with van der Waals surface area (Å²) in [5, 5.41) is 14.9. The van der Waals surface area contributed by atoms with E-state index < -0.39 is 0 Å². The molecule has 0 saturated heterocycles. The van der Waals surface area contributed by atoms with Crippen LogP contribution in [0.1, 0.15) is 24.1 Å². The van der Waals surface area contributed by atoms with Crippen LogP contribution in [0.25, 0.3) is 0 Å². The van der Waals surface area contributed by atoms with Gasteiger partial charge in [-0.25, -0.2) is 4.39 Å². The van der Waals surface area contributed by atoms with E-state index in [-0.39, 0.29) is 23.5 Å². The molecule has 6 nitrogen and oxygen atoms in total. The first-order valence-corrected chi connectivity index (χ1v) is 10.7. The molecule has 2 N–H and O–H groups in total. The predicted octanol–water partition coefficient (Wildman–Crippen LogP) is 4.27. The Balaban J connectivity index is 1.46. The average Bonchev–Trinajstić information content (AvgIpc) is 3.19. The van der Waals surface area contributed by atoms with Crippen molar-refractivity contribution in [3.05, 3.63) is 65.5 Å². The summed E-state index contributed by atoms with van der Waals surface area (Å²) in [4.78, 5) is 12.3. The fraction of sp³-hybridized carbons (Fsp3) is 0.250. The highest BCUT2D eigenvalue weighted by atomic mass is 32.2. The largest absolute Gasteiger partial charge is 0.496 e. The van der Waals surface area contributed by atoms with E-state index >= 15 is 0 Å². The van der Waals surface area contributed by atoms with Gasteiger partial charge in [-0.3, -0.25) is 4.79 Å². The standard InChI is InChI=1S/C20H21FN4O2S2/c1-13(16-5-3-4-6-17(16)27-2)23-18(26)12-28-20-25-24-19(29-20)22-11-14-7-9-15(21)10-8-14/h3-10,13H,11-12H2,1-2H3,(H,22,24)(H,23,26). The van der Waals surface area contributed by atoms with Crippen LogP contribution in [0, 0.1) is 5.82 Å². The van der Waals surface area contributed by atoms with Gasteiger partial charge in [0.05, 0.1) is 18.9 Å². The number of hydrogen-bond donors (Lipinski definition) is 2. The van der Waals surface area contributed by atoms with Crippen molar-refractivity contribution < 1.29 is 13.9 Å². The SMILES string of the molecule is COc1ccccc1C(C)NC(=O)CSc1nnc(NCc2ccc(F)cc2)s1. The van der Waals surface area contributed by atoms with Crippen molar-refractivity contribution in [1.29, 1.82) is 0 Å². The minimum Gasteiger partial charge on any atom is -0.496 e. The first-order valence-electron chi connectivity index (χ1n) is 8.92. The maximum atomic E-state index is 12.9. The lowest BCUT2D eigenvalue weighted by Gasteiger charge is -2.16. The first-order chi connectivity index (χ1) is 14.0. The van der Waals surface area contributed by atoms with Crippen molar-refractivity contribution in [1.82, 2.24) is 15.5 Å². The van der Waals surface area contributed by atoms with Crippen LogP contribution in [0.5, 0.6) is 5.75 Å². The van der Waals surface area contributed by atoms with Crippen molar-refractivity contribution in [2.24, 2.45) is 0 Å². The Bertz CT molecular complexity index is 950. The van der Waals surface area contributed by atoms with Gasteiger partial charge in [0.1, 0.15) is 11.6 Å². The van der Waals surface area contributed by atoms with Gasteiger partial charge in [-0.05, 0) is 30.7 Å². The normalized spacial score (nSPS) is 11.7. The number of nitrogens with zero attached hydrogens (tertiary/aromatic N) is 2. The number of carbonyl (C=O) groups excluding carboxylic acids is 1. The highest BCUT2D eigenvalue weighted by Crippen LogP contribution is 2.27. The van der Waals surface area contributed by atoms with Gasteiger partial charge >= 0.3 is 0 Å². The molecule has 1 heterocycles. The summed E-state index contributed by atoms with van der Waals surface area (Å²) >= 11 is 2.71. The van der Waals surface area contributed by atoms with E-state index in [4.69, 9.17) is 4.74 Å². The van der Waals surface area contributed by atoms with Crippen LogP contribution in [0.4, 0.5) is 9.52 Å². The number of halogens is 1. The molecule has 1 aromatic heterocycles. The van der Waals surface area contributed by atoms with E-state index in [0.29, 0.717) is 16.0 Å². The summed E-state index contributed by atoms with van der Waals surface area (Å²) in [7, 11) is 1.61. The predicted molar refractivity (Wildman–Crippen MR) is 114 cm³/mol. The fourth-order valence-corrected chi connectivity index (χ4v) is 4.19. The summed E-state index contributed by atoms with van der Waals surface area (Å²) in [6.07, 6.45) is 0. The number of hydrogen-bond acceptors (Lipinski definition) is 7. The zero-order valence-corrected chi connectivity index (χ0v) is 17.6. The summed E-state index contributed by atoms with van der Waals surface area (Å²) in [6.45, 7) is 2.44. The van der Waals surface area contributed by atoms with Crippen molar-refractivity contribution in [3.63, 3.8) is 0 Å². The van der Waals surface area contributed by atoms with Crippen molar-refractivity contribution in [2.45, 2.75) is 23.8 Å². The van der Waals surface area contributed by atoms with E-state index in [0.717, 1.165) is 16.9 Å². The van der Waals surface area contributed by atoms with E-state index in [1.54, 1.807) is 19.2 Å². The lowest BCUT2D eigenvalue weighted by Crippen LogP contribution is -2.28. The van der Waals surface area contributed by atoms with E-state index in [9.17, 15) is 9.18 Å². The number of ether oxygens (including phenoxy) is 1. The lowest BCUT2D eigenvalue weighted by atomic mass is 10.1. The molecule has 9 heteroatoms. The van der Waals surface area contributed by atoms with Crippen LogP contribution < -0.4 is 15.4 Å². The minimum absolute atomic E-state index is 0.0931. The van der Waals surface area contributed by atoms with Crippen molar-refractivity contribution in [3.8, 4) is 5.75 Å². The van der Waals surface area contributed by atoms with Crippen molar-refractivity contribution >= 4 is 34.1 Å². The van der Waals surface area contributed by atoms with E-state index in [1.165, 1.54) is 35.2 Å². The molecule has 1 amide bonds. The third-order valence-electron chi connectivity index (χ3n) is 4.07. The molecule has 1 atom stereocenters. The molecule has 1 unspecified atom stereocenters. The number of thioether (sulfide) groups is 1. The Hall–Kier alpha value is -2.65. The zero-order chi connectivity index (χ0) is 20.6. The summed E-state index contributed by atoms with van der Waals surface area (Å²) in [5.41, 5.74) is 1.87. The van der Waals surface area contributed by atoms with Gasteiger partial charge in [0.25, 0.3) is 0 Å². The van der Waals surface area contributed by atoms with Crippen molar-refractivity contribution in [2.75, 3.05) is 18.2 Å². The smallest absolute Gasteiger partial charge is 0.230 e. The average molecular weight is 433 g/mol. The highest BCUT2D eigenvalue weighted by molar-refractivity contribution is 8.01. The summed E-state index contributed by atoms with van der Waals surface area (Å²) in [5.74, 6) is 0.631. The monoisotopic (exact) mass is 432 g/mol. The number of methoxy groups -OCH3 is 1. The molecule has 0 bridgehead atoms. The molecule has 0 spiro atoms. The Morgan fingerprint density at radius 1 is 1.21 bits per heavy atom. The molecule has 3 rings (SSSR count). The van der Waals surface area contributed by atoms with Crippen LogP contribution >= 0.6 is 23.1 Å². The molecule has 0 aliphatic heterocycles. The third-order valence-corrected chi connectivity index (χ3v) is 6.09. The van der Waals surface area contributed by atoms with Gasteiger partial charge in [-0.1, -0.05) is 53.4 Å². The van der Waals surface area contributed by atoms with Gasteiger partial charge in [0.2, 0.25) is 11.0 Å². The summed E-state index contributed by atoms with van der Waals surface area (Å²) in [6, 6.07) is 13.7. The van der Waals surface area contributed by atoms with Gasteiger partial charge in [0, 0.05) is 12.1 Å². The first kappa shape index (κ1) is 21.1. The molecule has 0 radical (unpaired) electrons. The van der Waals surface area contributed by atoms with Gasteiger partial charge in [-0.2, -0.15) is 0 Å². The molecular formula is C20H21FN4O2S2. The Labute approximate surface area is 176 Å². The number of nitrogens with one attached hydrogen (secondary N) is 2. The second-order valence-corrected chi connectivity index (χ2v) is 8.37. The van der Waals surface area contributed by atoms with Crippen LogP contribution in [-0.2, 0) is 11.3 Å². The quantitative estimate of drug-likeness (QED) is 0.492. The number of benzene rings is 2. The van der Waals surface area contributed by atoms with E-state index in [1.807, 2.05) is 31.2 Å². The molecular weight excluding hydrogens is 411 g/mol. The second-order valence-electron chi connectivity index (χ2n) is 6.17. The highest BCUT2D eigenvalue weighted by Gasteiger charge is 2.14. The molecule has 152 valence electrons. The Morgan fingerprint density at radius 2 is 1.97 bits per heavy atom. The molecule has 0 fully saturated rings. The topological polar surface area (TPSA) is 76.1 Å². The fourth-order valence-electron chi connectivity index (χ4n) is 2.63. The maximum Gasteiger partial charge on any atom is 0.230 e. The molecule has 0 aliphatic carbocycles. The number of carbonyl (C=O) groups is 1. The minimum atomic E-state index is -0.262. The zero-order valence-electron chi connectivity index (χ0n) is 16.0. The molecule has 0 saturated carbocycles. The second kappa shape index (κ2) is 10.2. The molecule has 2 aromatic carbocycles. The van der Waals surface area contributed by atoms with Crippen LogP contribution in [0.15, 0.2) is 52.9 Å². The number of rotatable bonds is 9. The molecule has 3 aromatic rings. The Kier molecular flexibility index (Phi) is 7.42. The summed E-state index contributed by atoms with van der Waals surface area (Å²) < 4.78 is 19.0. The molecule has 0 aliphatic rings. The van der Waals surface area contributed by atoms with Gasteiger partial charge < -0.3 is 15.4 Å². The number of amides is 1. The van der Waals surface area contributed by atoms with Gasteiger partial charge in [0.15, 0.2) is 4.34 Å². The third kappa shape index (κ3) is 6.16. The lowest BCUT2D eigenvalue weighted by molar-refractivity contribution is -0.119.